The molecule has 0 N–H and O–H groups in total. The third kappa shape index (κ3) is 3.14. The second-order valence-electron chi connectivity index (χ2n) is 6.30. The lowest BCUT2D eigenvalue weighted by atomic mass is 10.2. The van der Waals surface area contributed by atoms with Crippen LogP contribution in [0.5, 0.6) is 0 Å². The summed E-state index contributed by atoms with van der Waals surface area (Å²) in [5.74, 6) is -0.248. The molecule has 2 aliphatic heterocycles. The van der Waals surface area contributed by atoms with Gasteiger partial charge in [-0.3, -0.25) is 4.90 Å². The number of carbonyl (C=O) groups excluding carboxylic acids is 1. The maximum atomic E-state index is 13.0. The van der Waals surface area contributed by atoms with Crippen LogP contribution in [0.4, 0.5) is 9.18 Å². The molecule has 0 radical (unpaired) electrons. The molecule has 1 aromatic carbocycles. The van der Waals surface area contributed by atoms with Gasteiger partial charge < -0.3 is 9.80 Å². The number of benzene rings is 1. The highest BCUT2D eigenvalue weighted by Gasteiger charge is 2.40. The Balaban J connectivity index is 1.39. The van der Waals surface area contributed by atoms with Gasteiger partial charge in [0, 0.05) is 44.3 Å². The molecule has 0 aliphatic carbocycles. The van der Waals surface area contributed by atoms with Crippen molar-refractivity contribution in [3.05, 3.63) is 52.2 Å². The van der Waals surface area contributed by atoms with E-state index in [0.717, 1.165) is 43.3 Å². The number of aromatic nitrogens is 1. The Kier molecular flexibility index (Phi) is 4.20. The van der Waals surface area contributed by atoms with E-state index >= 15 is 0 Å². The first-order chi connectivity index (χ1) is 11.7. The first kappa shape index (κ1) is 15.5. The molecule has 0 unspecified atom stereocenters. The molecule has 1 atom stereocenters. The third-order valence-electron chi connectivity index (χ3n) is 4.64. The van der Waals surface area contributed by atoms with Crippen molar-refractivity contribution < 1.29 is 9.18 Å². The molecule has 5 nitrogen and oxygen atoms in total. The number of amides is 2. The molecule has 1 aromatic heterocycles. The summed E-state index contributed by atoms with van der Waals surface area (Å²) in [5, 5.41) is 3.12. The number of hydrogen-bond donors (Lipinski definition) is 0. The Morgan fingerprint density at radius 3 is 2.75 bits per heavy atom. The third-order valence-corrected chi connectivity index (χ3v) is 5.41. The number of halogens is 1. The highest BCUT2D eigenvalue weighted by molar-refractivity contribution is 7.09. The maximum absolute atomic E-state index is 13.0. The largest absolute Gasteiger partial charge is 0.320 e. The fourth-order valence-electron chi connectivity index (χ4n) is 3.45. The summed E-state index contributed by atoms with van der Waals surface area (Å²) < 4.78 is 13.0. The van der Waals surface area contributed by atoms with Crippen LogP contribution < -0.4 is 0 Å². The van der Waals surface area contributed by atoms with Gasteiger partial charge in [-0.15, -0.1) is 11.3 Å². The minimum absolute atomic E-state index is 0.0956. The van der Waals surface area contributed by atoms with E-state index in [9.17, 15) is 9.18 Å². The van der Waals surface area contributed by atoms with Gasteiger partial charge in [-0.05, 0) is 17.7 Å². The predicted octanol–water partition coefficient (Wildman–Crippen LogP) is 2.40. The van der Waals surface area contributed by atoms with Crippen LogP contribution in [0, 0.1) is 5.82 Å². The first-order valence-electron chi connectivity index (χ1n) is 8.10. The average molecular weight is 346 g/mol. The van der Waals surface area contributed by atoms with Gasteiger partial charge >= 0.3 is 6.03 Å². The molecule has 3 heterocycles. The van der Waals surface area contributed by atoms with Crippen LogP contribution in [0.25, 0.3) is 0 Å². The number of fused-ring (bicyclic) bond motifs is 1. The zero-order valence-corrected chi connectivity index (χ0v) is 14.1. The Bertz CT molecular complexity index is 706. The zero-order valence-electron chi connectivity index (χ0n) is 13.3. The number of urea groups is 1. The number of hydrogen-bond acceptors (Lipinski definition) is 4. The van der Waals surface area contributed by atoms with Crippen LogP contribution >= 0.6 is 11.3 Å². The van der Waals surface area contributed by atoms with Crippen molar-refractivity contribution in [3.63, 3.8) is 0 Å². The van der Waals surface area contributed by atoms with E-state index in [1.165, 1.54) is 12.1 Å². The fraction of sp³-hybridized carbons (Fsp3) is 0.412. The first-order valence-corrected chi connectivity index (χ1v) is 8.98. The highest BCUT2D eigenvalue weighted by atomic mass is 32.1. The molecule has 2 amide bonds. The summed E-state index contributed by atoms with van der Waals surface area (Å²) in [6.07, 6.45) is 1.83. The molecule has 2 aromatic rings. The quantitative estimate of drug-likeness (QED) is 0.853. The van der Waals surface area contributed by atoms with E-state index < -0.39 is 0 Å². The number of nitrogens with zero attached hydrogens (tertiary/aromatic N) is 4. The van der Waals surface area contributed by atoms with E-state index in [1.54, 1.807) is 23.5 Å². The van der Waals surface area contributed by atoms with Crippen LogP contribution in [0.15, 0.2) is 35.8 Å². The van der Waals surface area contributed by atoms with Gasteiger partial charge in [-0.1, -0.05) is 12.1 Å². The summed E-state index contributed by atoms with van der Waals surface area (Å²) in [5.41, 5.74) is 0.962. The Morgan fingerprint density at radius 1 is 1.17 bits per heavy atom. The van der Waals surface area contributed by atoms with Gasteiger partial charge in [0.1, 0.15) is 10.8 Å². The molecule has 7 heteroatoms. The highest BCUT2D eigenvalue weighted by Crippen LogP contribution is 2.23. The fourth-order valence-corrected chi connectivity index (χ4v) is 4.11. The number of carbonyl (C=O) groups is 1. The summed E-state index contributed by atoms with van der Waals surface area (Å²) in [6, 6.07) is 6.70. The van der Waals surface area contributed by atoms with Crippen LogP contribution in [0.1, 0.15) is 10.6 Å². The average Bonchev–Trinajstić information content (AvgIpc) is 3.19. The summed E-state index contributed by atoms with van der Waals surface area (Å²) in [7, 11) is 0. The molecule has 2 aliphatic rings. The van der Waals surface area contributed by atoms with Crippen LogP contribution in [-0.2, 0) is 13.1 Å². The Labute approximate surface area is 144 Å². The molecular weight excluding hydrogens is 327 g/mol. The minimum atomic E-state index is -0.248. The monoisotopic (exact) mass is 346 g/mol. The molecule has 2 fully saturated rings. The molecule has 0 bridgehead atoms. The SMILES string of the molecule is O=C1N(Cc2ccc(F)cc2)C[C@H]2CN(Cc3nccs3)CCN12. The smallest absolute Gasteiger partial charge is 0.318 e. The van der Waals surface area contributed by atoms with E-state index in [0.29, 0.717) is 6.54 Å². The van der Waals surface area contributed by atoms with Gasteiger partial charge in [0.05, 0.1) is 12.6 Å². The second-order valence-corrected chi connectivity index (χ2v) is 7.28. The van der Waals surface area contributed by atoms with Crippen LogP contribution in [-0.4, -0.2) is 57.9 Å². The van der Waals surface area contributed by atoms with Gasteiger partial charge in [0.25, 0.3) is 0 Å². The lowest BCUT2D eigenvalue weighted by Gasteiger charge is -2.35. The summed E-state index contributed by atoms with van der Waals surface area (Å²) in [4.78, 5) is 23.1. The van der Waals surface area contributed by atoms with Crippen molar-refractivity contribution in [2.75, 3.05) is 26.2 Å². The van der Waals surface area contributed by atoms with Crippen molar-refractivity contribution in [1.82, 2.24) is 19.7 Å². The molecule has 0 spiro atoms. The van der Waals surface area contributed by atoms with E-state index in [4.69, 9.17) is 0 Å². The predicted molar refractivity (Wildman–Crippen MR) is 90.1 cm³/mol. The Morgan fingerprint density at radius 2 is 2.00 bits per heavy atom. The number of thiazole rings is 1. The molecule has 126 valence electrons. The van der Waals surface area contributed by atoms with E-state index in [1.807, 2.05) is 21.4 Å². The maximum Gasteiger partial charge on any atom is 0.320 e. The lowest BCUT2D eigenvalue weighted by Crippen LogP contribution is -2.51. The normalized spacial score (nSPS) is 21.4. The molecular formula is C17H19FN4OS. The standard InChI is InChI=1S/C17H19FN4OS/c18-14-3-1-13(2-4-14)9-21-11-15-10-20(6-7-22(15)17(21)23)12-16-19-5-8-24-16/h1-5,8,15H,6-7,9-12H2/t15-/m1/s1. The summed E-state index contributed by atoms with van der Waals surface area (Å²) >= 11 is 1.67. The molecule has 24 heavy (non-hydrogen) atoms. The van der Waals surface area contributed by atoms with Crippen molar-refractivity contribution in [2.24, 2.45) is 0 Å². The molecule has 4 rings (SSSR count). The van der Waals surface area contributed by atoms with Crippen LogP contribution in [0.2, 0.25) is 0 Å². The van der Waals surface area contributed by atoms with Crippen LogP contribution in [0.3, 0.4) is 0 Å². The van der Waals surface area contributed by atoms with E-state index in [2.05, 4.69) is 9.88 Å². The molecule has 0 saturated carbocycles. The van der Waals surface area contributed by atoms with Gasteiger partial charge in [-0.25, -0.2) is 14.2 Å². The van der Waals surface area contributed by atoms with Crippen molar-refractivity contribution in [1.29, 1.82) is 0 Å². The zero-order chi connectivity index (χ0) is 16.5. The lowest BCUT2D eigenvalue weighted by molar-refractivity contribution is 0.116. The van der Waals surface area contributed by atoms with Crippen molar-refractivity contribution in [3.8, 4) is 0 Å². The van der Waals surface area contributed by atoms with Gasteiger partial charge in [0.15, 0.2) is 0 Å². The van der Waals surface area contributed by atoms with Gasteiger partial charge in [0.2, 0.25) is 0 Å². The van der Waals surface area contributed by atoms with Crippen molar-refractivity contribution >= 4 is 17.4 Å². The summed E-state index contributed by atoms with van der Waals surface area (Å²) in [6.45, 7) is 4.64. The van der Waals surface area contributed by atoms with E-state index in [-0.39, 0.29) is 17.9 Å². The van der Waals surface area contributed by atoms with Crippen molar-refractivity contribution in [2.45, 2.75) is 19.1 Å². The molecule has 2 saturated heterocycles. The van der Waals surface area contributed by atoms with Gasteiger partial charge in [-0.2, -0.15) is 0 Å². The number of piperazine rings is 1. The minimum Gasteiger partial charge on any atom is -0.318 e. The topological polar surface area (TPSA) is 39.7 Å². The second kappa shape index (κ2) is 6.49. The number of rotatable bonds is 4. The Hall–Kier alpha value is -1.99.